The summed E-state index contributed by atoms with van der Waals surface area (Å²) in [5.74, 6) is 0. The smallest absolute Gasteiger partial charge is 0.0864 e. The lowest BCUT2D eigenvalue weighted by Gasteiger charge is -2.25. The van der Waals surface area contributed by atoms with E-state index in [2.05, 4.69) is 28.6 Å². The predicted octanol–water partition coefficient (Wildman–Crippen LogP) is 1.54. The lowest BCUT2D eigenvalue weighted by molar-refractivity contribution is -0.151. The van der Waals surface area contributed by atoms with Crippen LogP contribution in [0.25, 0.3) is 5.57 Å². The molecule has 2 aliphatic rings. The van der Waals surface area contributed by atoms with Gasteiger partial charge in [0.15, 0.2) is 0 Å². The quantitative estimate of drug-likeness (QED) is 0.750. The van der Waals surface area contributed by atoms with E-state index in [0.29, 0.717) is 6.61 Å². The highest BCUT2D eigenvalue weighted by molar-refractivity contribution is 5.68. The minimum absolute atomic E-state index is 0.286. The van der Waals surface area contributed by atoms with Gasteiger partial charge >= 0.3 is 0 Å². The summed E-state index contributed by atoms with van der Waals surface area (Å²) in [6, 6.07) is 6.32. The molecule has 2 bridgehead atoms. The molecule has 2 unspecified atom stereocenters. The molecule has 0 spiro atoms. The number of pyridine rings is 1. The second-order valence-electron chi connectivity index (χ2n) is 4.57. The standard InChI is InChI=1S/C14H17N3O/c1-2-9-18-17-11-16-8-6-12(14(17)10-16)13-5-3-4-7-15-13/h2-7,14H,1,8-11H2. The molecule has 1 saturated heterocycles. The molecule has 0 aromatic carbocycles. The Kier molecular flexibility index (Phi) is 3.23. The van der Waals surface area contributed by atoms with Crippen LogP contribution < -0.4 is 0 Å². The number of rotatable bonds is 4. The first-order valence-electron chi connectivity index (χ1n) is 6.23. The van der Waals surface area contributed by atoms with E-state index in [1.807, 2.05) is 23.4 Å². The molecule has 0 aliphatic carbocycles. The van der Waals surface area contributed by atoms with E-state index < -0.39 is 0 Å². The maximum atomic E-state index is 5.72. The molecule has 18 heavy (non-hydrogen) atoms. The maximum absolute atomic E-state index is 5.72. The van der Waals surface area contributed by atoms with Crippen molar-refractivity contribution in [3.63, 3.8) is 0 Å². The zero-order chi connectivity index (χ0) is 12.4. The molecule has 3 heterocycles. The molecule has 0 amide bonds. The number of aromatic nitrogens is 1. The Morgan fingerprint density at radius 2 is 2.44 bits per heavy atom. The zero-order valence-electron chi connectivity index (χ0n) is 10.3. The Morgan fingerprint density at radius 3 is 3.22 bits per heavy atom. The first kappa shape index (κ1) is 11.6. The molecular formula is C14H17N3O. The van der Waals surface area contributed by atoms with Crippen LogP contribution in [-0.2, 0) is 4.84 Å². The van der Waals surface area contributed by atoms with Gasteiger partial charge in [0.1, 0.15) is 0 Å². The van der Waals surface area contributed by atoms with E-state index in [1.54, 1.807) is 6.08 Å². The minimum atomic E-state index is 0.286. The van der Waals surface area contributed by atoms with Gasteiger partial charge < -0.3 is 0 Å². The molecule has 4 nitrogen and oxygen atoms in total. The Bertz CT molecular complexity index is 457. The third-order valence-corrected chi connectivity index (χ3v) is 3.37. The molecule has 1 aromatic rings. The van der Waals surface area contributed by atoms with Crippen LogP contribution >= 0.6 is 0 Å². The largest absolute Gasteiger partial charge is 0.293 e. The number of hydrogen-bond acceptors (Lipinski definition) is 4. The Hall–Kier alpha value is -1.49. The summed E-state index contributed by atoms with van der Waals surface area (Å²) in [6.07, 6.45) is 5.88. The van der Waals surface area contributed by atoms with Gasteiger partial charge in [-0.3, -0.25) is 14.7 Å². The summed E-state index contributed by atoms with van der Waals surface area (Å²) < 4.78 is 0. The number of hydroxylamine groups is 2. The highest BCUT2D eigenvalue weighted by Gasteiger charge is 2.37. The second kappa shape index (κ2) is 5.02. The van der Waals surface area contributed by atoms with Gasteiger partial charge in [0.05, 0.1) is 25.0 Å². The number of hydrogen-bond donors (Lipinski definition) is 0. The maximum Gasteiger partial charge on any atom is 0.0864 e. The third kappa shape index (κ3) is 2.10. The first-order valence-corrected chi connectivity index (χ1v) is 6.23. The molecule has 1 aromatic heterocycles. The second-order valence-corrected chi connectivity index (χ2v) is 4.57. The van der Waals surface area contributed by atoms with Crippen LogP contribution in [-0.4, -0.2) is 47.4 Å². The molecule has 2 atom stereocenters. The minimum Gasteiger partial charge on any atom is -0.293 e. The van der Waals surface area contributed by atoms with Gasteiger partial charge in [0.25, 0.3) is 0 Å². The molecule has 94 valence electrons. The normalized spacial score (nSPS) is 27.0. The predicted molar refractivity (Wildman–Crippen MR) is 70.4 cm³/mol. The van der Waals surface area contributed by atoms with E-state index in [4.69, 9.17) is 4.84 Å². The molecule has 0 N–H and O–H groups in total. The van der Waals surface area contributed by atoms with E-state index in [9.17, 15) is 0 Å². The Balaban J connectivity index is 1.83. The topological polar surface area (TPSA) is 28.6 Å². The summed E-state index contributed by atoms with van der Waals surface area (Å²) in [7, 11) is 0. The lowest BCUT2D eigenvalue weighted by atomic mass is 10.0. The summed E-state index contributed by atoms with van der Waals surface area (Å²) in [6.45, 7) is 7.08. The van der Waals surface area contributed by atoms with Crippen LogP contribution in [0.3, 0.4) is 0 Å². The highest BCUT2D eigenvalue weighted by atomic mass is 16.7. The first-order chi connectivity index (χ1) is 8.88. The highest BCUT2D eigenvalue weighted by Crippen LogP contribution is 2.30. The van der Waals surface area contributed by atoms with Crippen LogP contribution in [0, 0.1) is 0 Å². The van der Waals surface area contributed by atoms with E-state index in [0.717, 1.165) is 25.5 Å². The summed E-state index contributed by atoms with van der Waals surface area (Å²) >= 11 is 0. The van der Waals surface area contributed by atoms with Crippen molar-refractivity contribution < 1.29 is 4.84 Å². The van der Waals surface area contributed by atoms with Crippen LogP contribution in [0.2, 0.25) is 0 Å². The fourth-order valence-electron chi connectivity index (χ4n) is 2.53. The summed E-state index contributed by atoms with van der Waals surface area (Å²) in [4.78, 5) is 12.5. The van der Waals surface area contributed by atoms with E-state index in [1.165, 1.54) is 5.57 Å². The molecule has 2 aliphatic heterocycles. The number of nitrogens with zero attached hydrogens (tertiary/aromatic N) is 3. The SMILES string of the molecule is C=CCON1CN2CC=C(c3ccccn3)C1C2. The lowest BCUT2D eigenvalue weighted by Crippen LogP contribution is -2.33. The number of fused-ring (bicyclic) bond motifs is 2. The average molecular weight is 243 g/mol. The average Bonchev–Trinajstić information content (AvgIpc) is 2.74. The zero-order valence-corrected chi connectivity index (χ0v) is 10.3. The van der Waals surface area contributed by atoms with Crippen LogP contribution in [0.15, 0.2) is 43.1 Å². The van der Waals surface area contributed by atoms with E-state index >= 15 is 0 Å². The van der Waals surface area contributed by atoms with Gasteiger partial charge in [-0.2, -0.15) is 5.06 Å². The van der Waals surface area contributed by atoms with Gasteiger partial charge in [-0.15, -0.1) is 6.58 Å². The molecule has 3 rings (SSSR count). The van der Waals surface area contributed by atoms with Crippen molar-refractivity contribution in [3.8, 4) is 0 Å². The Labute approximate surface area is 107 Å². The monoisotopic (exact) mass is 243 g/mol. The van der Waals surface area contributed by atoms with Crippen molar-refractivity contribution in [1.29, 1.82) is 0 Å². The van der Waals surface area contributed by atoms with E-state index in [-0.39, 0.29) is 6.04 Å². The van der Waals surface area contributed by atoms with Gasteiger partial charge in [-0.05, 0) is 17.7 Å². The van der Waals surface area contributed by atoms with Gasteiger partial charge in [0, 0.05) is 19.3 Å². The molecular weight excluding hydrogens is 226 g/mol. The summed E-state index contributed by atoms with van der Waals surface area (Å²) in [5.41, 5.74) is 2.32. The van der Waals surface area contributed by atoms with Crippen LogP contribution in [0.5, 0.6) is 0 Å². The van der Waals surface area contributed by atoms with Crippen molar-refractivity contribution in [2.75, 3.05) is 26.4 Å². The van der Waals surface area contributed by atoms with Crippen LogP contribution in [0.4, 0.5) is 0 Å². The van der Waals surface area contributed by atoms with Crippen molar-refractivity contribution in [3.05, 3.63) is 48.8 Å². The van der Waals surface area contributed by atoms with Crippen molar-refractivity contribution in [2.24, 2.45) is 0 Å². The van der Waals surface area contributed by atoms with Crippen molar-refractivity contribution in [1.82, 2.24) is 14.9 Å². The molecule has 0 saturated carbocycles. The fraction of sp³-hybridized carbons (Fsp3) is 0.357. The van der Waals surface area contributed by atoms with Gasteiger partial charge in [0.2, 0.25) is 0 Å². The molecule has 1 fully saturated rings. The fourth-order valence-corrected chi connectivity index (χ4v) is 2.53. The van der Waals surface area contributed by atoms with Gasteiger partial charge in [-0.25, -0.2) is 0 Å². The third-order valence-electron chi connectivity index (χ3n) is 3.37. The van der Waals surface area contributed by atoms with Crippen molar-refractivity contribution in [2.45, 2.75) is 6.04 Å². The summed E-state index contributed by atoms with van der Waals surface area (Å²) in [5, 5.41) is 2.04. The van der Waals surface area contributed by atoms with Crippen molar-refractivity contribution >= 4 is 5.57 Å². The van der Waals surface area contributed by atoms with Gasteiger partial charge in [-0.1, -0.05) is 18.2 Å². The molecule has 0 radical (unpaired) electrons. The molecule has 4 heteroatoms. The Morgan fingerprint density at radius 1 is 1.50 bits per heavy atom. The van der Waals surface area contributed by atoms with Crippen LogP contribution in [0.1, 0.15) is 5.69 Å².